The van der Waals surface area contributed by atoms with Crippen LogP contribution in [0, 0.1) is 20.8 Å². The summed E-state index contributed by atoms with van der Waals surface area (Å²) in [7, 11) is 1.86. The van der Waals surface area contributed by atoms with Gasteiger partial charge in [0.2, 0.25) is 0 Å². The molecule has 0 saturated heterocycles. The van der Waals surface area contributed by atoms with Gasteiger partial charge in [0.15, 0.2) is 0 Å². The summed E-state index contributed by atoms with van der Waals surface area (Å²) < 4.78 is 0. The van der Waals surface area contributed by atoms with Crippen LogP contribution in [0.25, 0.3) is 5.73 Å². The Balaban J connectivity index is -0.000000124. The summed E-state index contributed by atoms with van der Waals surface area (Å²) in [5.41, 5.74) is 12.6. The Morgan fingerprint density at radius 1 is 1.00 bits per heavy atom. The number of nitrogens with one attached hydrogen (secondary N) is 1. The van der Waals surface area contributed by atoms with Crippen LogP contribution in [0.4, 0.5) is 0 Å². The van der Waals surface area contributed by atoms with Gasteiger partial charge in [0.05, 0.1) is 0 Å². The molecule has 20 heavy (non-hydrogen) atoms. The van der Waals surface area contributed by atoms with Gasteiger partial charge in [-0.15, -0.1) is 5.54 Å². The van der Waals surface area contributed by atoms with E-state index in [0.717, 1.165) is 0 Å². The van der Waals surface area contributed by atoms with Gasteiger partial charge in [-0.2, -0.15) is 28.3 Å². The van der Waals surface area contributed by atoms with Crippen molar-refractivity contribution in [3.05, 3.63) is 34.1 Å². The Hall–Kier alpha value is 0.821. The monoisotopic (exact) mass is 369 g/mol. The minimum absolute atomic E-state index is 0. The molecule has 0 saturated carbocycles. The van der Waals surface area contributed by atoms with E-state index in [9.17, 15) is 0 Å². The van der Waals surface area contributed by atoms with E-state index < -0.39 is 0 Å². The number of hydrogen-bond donors (Lipinski definition) is 0. The van der Waals surface area contributed by atoms with Crippen molar-refractivity contribution in [1.82, 2.24) is 0 Å². The van der Waals surface area contributed by atoms with E-state index in [1.165, 1.54) is 22.3 Å². The predicted molar refractivity (Wildman–Crippen MR) is 83.0 cm³/mol. The molecule has 0 unspecified atom stereocenters. The molecule has 0 atom stereocenters. The first-order valence-electron chi connectivity index (χ1n) is 6.37. The van der Waals surface area contributed by atoms with E-state index in [1.807, 2.05) is 47.6 Å². The second kappa shape index (κ2) is 13.5. The van der Waals surface area contributed by atoms with Gasteiger partial charge in [0.25, 0.3) is 0 Å². The second-order valence-corrected chi connectivity index (χ2v) is 5.94. The summed E-state index contributed by atoms with van der Waals surface area (Å²) in [5, 5.41) is 0. The fourth-order valence-corrected chi connectivity index (χ4v) is 1.56. The molecule has 0 amide bonds. The zero-order valence-corrected chi connectivity index (χ0v) is 18.6. The van der Waals surface area contributed by atoms with E-state index in [1.54, 1.807) is 0 Å². The maximum atomic E-state index is 6.94. The fraction of sp³-hybridized carbons (Fsp3) is 0.667. The molecule has 1 N–H and O–H groups in total. The normalized spacial score (nSPS) is 9.40. The van der Waals surface area contributed by atoms with Gasteiger partial charge >= 0.3 is 26.8 Å². The van der Waals surface area contributed by atoms with Crippen molar-refractivity contribution in [2.75, 3.05) is 0 Å². The van der Waals surface area contributed by atoms with Gasteiger partial charge in [-0.3, -0.25) is 0 Å². The van der Waals surface area contributed by atoms with Crippen molar-refractivity contribution in [3.63, 3.8) is 0 Å². The molecule has 0 spiro atoms. The van der Waals surface area contributed by atoms with E-state index in [2.05, 4.69) is 40.7 Å². The van der Waals surface area contributed by atoms with E-state index in [4.69, 9.17) is 5.73 Å². The minimum atomic E-state index is -0.250. The molecule has 0 radical (unpaired) electrons. The van der Waals surface area contributed by atoms with E-state index in [-0.39, 0.29) is 30.4 Å². The van der Waals surface area contributed by atoms with Crippen LogP contribution in [-0.2, 0) is 19.2 Å². The Morgan fingerprint density at radius 2 is 1.30 bits per heavy atom. The Morgan fingerprint density at radius 3 is 1.40 bits per heavy atom. The summed E-state index contributed by atoms with van der Waals surface area (Å²) in [4.78, 5) is 0. The maximum absolute atomic E-state index is 6.94. The summed E-state index contributed by atoms with van der Waals surface area (Å²) in [6.45, 7) is 16.7. The molecule has 0 aromatic heterocycles. The predicted octanol–water partition coefficient (Wildman–Crippen LogP) is -1.62. The molecule has 1 rings (SSSR count). The van der Waals surface area contributed by atoms with Crippen LogP contribution in [0.15, 0.2) is 6.07 Å². The molecule has 5 heteroatoms. The van der Waals surface area contributed by atoms with Crippen molar-refractivity contribution < 1.29 is 44.0 Å². The van der Waals surface area contributed by atoms with Gasteiger partial charge in [-0.1, -0.05) is 55.4 Å². The molecule has 1 aromatic rings. The zero-order chi connectivity index (χ0) is 15.1. The molecular weight excluding hydrogens is 341 g/mol. The van der Waals surface area contributed by atoms with Crippen LogP contribution >= 0.6 is 0 Å². The quantitative estimate of drug-likeness (QED) is 0.419. The van der Waals surface area contributed by atoms with Crippen LogP contribution in [0.3, 0.4) is 0 Å². The SMILES string of the molecule is CC(C)(C)[NH-].Cc1[cH-]c(C(C)C)c(C)c1C.[Cl-].[Cl-].[SiH2]=[Ti+2]. The number of rotatable bonds is 1. The van der Waals surface area contributed by atoms with Crippen LogP contribution in [0.1, 0.15) is 62.8 Å². The molecule has 0 fully saturated rings. The van der Waals surface area contributed by atoms with Crippen molar-refractivity contribution >= 4 is 7.63 Å². The number of aryl methyl sites for hydroxylation is 1. The molecule has 0 heterocycles. The summed E-state index contributed by atoms with van der Waals surface area (Å²) in [5.74, 6) is 0.669. The first kappa shape index (κ1) is 28.9. The molecular formula is C15H29Cl2NSiTi-2. The molecule has 0 bridgehead atoms. The van der Waals surface area contributed by atoms with Gasteiger partial charge in [-0.25, -0.2) is 0 Å². The molecule has 0 aliphatic carbocycles. The molecule has 1 aromatic carbocycles. The first-order chi connectivity index (χ1) is 8.04. The molecule has 1 nitrogen and oxygen atoms in total. The average Bonchev–Trinajstić information content (AvgIpc) is 2.47. The topological polar surface area (TPSA) is 23.8 Å². The van der Waals surface area contributed by atoms with Crippen molar-refractivity contribution in [2.24, 2.45) is 0 Å². The zero-order valence-electron chi connectivity index (χ0n) is 14.1. The molecule has 118 valence electrons. The van der Waals surface area contributed by atoms with Crippen LogP contribution in [0.5, 0.6) is 0 Å². The third kappa shape index (κ3) is 13.8. The Bertz CT molecular complexity index is 351. The molecule has 0 aliphatic rings. The van der Waals surface area contributed by atoms with E-state index in [0.29, 0.717) is 5.92 Å². The van der Waals surface area contributed by atoms with Gasteiger partial charge in [-0.05, 0) is 5.92 Å². The summed E-state index contributed by atoms with van der Waals surface area (Å²) in [6, 6.07) is 2.31. The van der Waals surface area contributed by atoms with Gasteiger partial charge < -0.3 is 30.5 Å². The van der Waals surface area contributed by atoms with Crippen molar-refractivity contribution in [3.8, 4) is 0 Å². The number of hydrogen-bond acceptors (Lipinski definition) is 0. The van der Waals surface area contributed by atoms with Crippen molar-refractivity contribution in [1.29, 1.82) is 0 Å². The average molecular weight is 370 g/mol. The van der Waals surface area contributed by atoms with Crippen LogP contribution in [0.2, 0.25) is 0 Å². The first-order valence-corrected chi connectivity index (χ1v) is 10.4. The van der Waals surface area contributed by atoms with Crippen molar-refractivity contribution in [2.45, 2.75) is 66.8 Å². The van der Waals surface area contributed by atoms with Crippen LogP contribution in [-0.4, -0.2) is 13.2 Å². The fourth-order valence-electron chi connectivity index (χ4n) is 1.56. The van der Waals surface area contributed by atoms with Gasteiger partial charge in [0.1, 0.15) is 0 Å². The standard InChI is InChI=1S/C11H17.C4H10N.2ClH.H2Si.Ti/c1-7(2)11-6-8(3)9(4)10(11)5;1-4(2,3)5;;;;/h6-7H,1-5H3;5H,1-3H3;2*1H;1H2;/q2*-1;;;;+2/p-2. The van der Waals surface area contributed by atoms with Gasteiger partial charge in [0, 0.05) is 0 Å². The third-order valence-electron chi connectivity index (χ3n) is 2.58. The molecule has 0 aliphatic heterocycles. The third-order valence-corrected chi connectivity index (χ3v) is 2.58. The Kier molecular flexibility index (Phi) is 19.5. The summed E-state index contributed by atoms with van der Waals surface area (Å²) >= 11 is 2.03. The van der Waals surface area contributed by atoms with Crippen LogP contribution < -0.4 is 24.8 Å². The van der Waals surface area contributed by atoms with E-state index >= 15 is 0 Å². The second-order valence-electron chi connectivity index (χ2n) is 5.94. The number of halogens is 2. The summed E-state index contributed by atoms with van der Waals surface area (Å²) in [6.07, 6.45) is 0. The Labute approximate surface area is 152 Å².